The Morgan fingerprint density at radius 1 is 1.00 bits per heavy atom. The van der Waals surface area contributed by atoms with Gasteiger partial charge in [-0.3, -0.25) is 0 Å². The molecule has 0 aliphatic heterocycles. The van der Waals surface area contributed by atoms with Crippen molar-refractivity contribution in [1.82, 2.24) is 9.97 Å². The van der Waals surface area contributed by atoms with Crippen molar-refractivity contribution in [2.24, 2.45) is 0 Å². The largest absolute Gasteiger partial charge is 0.480 e. The second-order valence-electron chi connectivity index (χ2n) is 2.95. The van der Waals surface area contributed by atoms with Crippen molar-refractivity contribution in [2.75, 3.05) is 7.11 Å². The first-order chi connectivity index (χ1) is 7.78. The summed E-state index contributed by atoms with van der Waals surface area (Å²) in [7, 11) is 1.53. The van der Waals surface area contributed by atoms with Crippen LogP contribution in [-0.4, -0.2) is 17.1 Å². The van der Waals surface area contributed by atoms with E-state index in [-0.39, 0.29) is 0 Å². The van der Waals surface area contributed by atoms with Gasteiger partial charge in [0.15, 0.2) is 0 Å². The zero-order chi connectivity index (χ0) is 11.4. The van der Waals surface area contributed by atoms with Gasteiger partial charge in [0, 0.05) is 5.02 Å². The minimum Gasteiger partial charge on any atom is -0.480 e. The molecule has 0 bridgehead atoms. The van der Waals surface area contributed by atoms with E-state index in [1.54, 1.807) is 24.3 Å². The molecule has 1 heterocycles. The summed E-state index contributed by atoms with van der Waals surface area (Å²) in [5, 5.41) is 0.660. The first-order valence-electron chi connectivity index (χ1n) is 4.57. The van der Waals surface area contributed by atoms with Crippen LogP contribution in [0.25, 0.3) is 0 Å². The van der Waals surface area contributed by atoms with Crippen molar-refractivity contribution in [3.8, 4) is 17.5 Å². The molecule has 0 atom stereocenters. The predicted molar refractivity (Wildman–Crippen MR) is 60.1 cm³/mol. The molecule has 0 aliphatic rings. The summed E-state index contributed by atoms with van der Waals surface area (Å²) in [6, 6.07) is 7.00. The smallest absolute Gasteiger partial charge is 0.238 e. The van der Waals surface area contributed by atoms with Crippen LogP contribution < -0.4 is 9.47 Å². The summed E-state index contributed by atoms with van der Waals surface area (Å²) in [6.45, 7) is 0. The Hall–Kier alpha value is -1.81. The second-order valence-corrected chi connectivity index (χ2v) is 3.39. The third-order valence-electron chi connectivity index (χ3n) is 1.85. The van der Waals surface area contributed by atoms with Gasteiger partial charge in [-0.05, 0) is 24.3 Å². The molecule has 0 unspecified atom stereocenters. The lowest BCUT2D eigenvalue weighted by molar-refractivity contribution is 0.389. The number of nitrogens with zero attached hydrogens (tertiary/aromatic N) is 2. The number of aromatic nitrogens is 2. The highest BCUT2D eigenvalue weighted by Gasteiger charge is 2.00. The number of hydrogen-bond donors (Lipinski definition) is 0. The fourth-order valence-corrected chi connectivity index (χ4v) is 1.21. The number of hydrogen-bond acceptors (Lipinski definition) is 4. The van der Waals surface area contributed by atoms with E-state index in [9.17, 15) is 0 Å². The normalized spacial score (nSPS) is 9.88. The van der Waals surface area contributed by atoms with Gasteiger partial charge in [-0.2, -0.15) is 0 Å². The molecule has 0 radical (unpaired) electrons. The Balaban J connectivity index is 2.11. The molecular weight excluding hydrogens is 228 g/mol. The highest BCUT2D eigenvalue weighted by molar-refractivity contribution is 6.30. The molecule has 1 aromatic carbocycles. The number of ether oxygens (including phenoxy) is 2. The number of halogens is 1. The lowest BCUT2D eigenvalue weighted by Crippen LogP contribution is -1.91. The first-order valence-corrected chi connectivity index (χ1v) is 4.95. The van der Waals surface area contributed by atoms with E-state index in [1.807, 2.05) is 0 Å². The molecule has 16 heavy (non-hydrogen) atoms. The van der Waals surface area contributed by atoms with Gasteiger partial charge in [0.05, 0.1) is 19.5 Å². The summed E-state index contributed by atoms with van der Waals surface area (Å²) >= 11 is 5.75. The average Bonchev–Trinajstić information content (AvgIpc) is 2.33. The Morgan fingerprint density at radius 2 is 1.62 bits per heavy atom. The van der Waals surface area contributed by atoms with Gasteiger partial charge in [0.1, 0.15) is 5.75 Å². The Bertz CT molecular complexity index is 456. The standard InChI is InChI=1S/C11H9ClN2O2/c1-15-10-6-14-11(7-13-10)16-9-4-2-8(12)3-5-9/h2-7H,1H3. The Morgan fingerprint density at radius 3 is 2.19 bits per heavy atom. The van der Waals surface area contributed by atoms with Crippen LogP contribution in [-0.2, 0) is 0 Å². The highest BCUT2D eigenvalue weighted by Crippen LogP contribution is 2.21. The van der Waals surface area contributed by atoms with Crippen molar-refractivity contribution < 1.29 is 9.47 Å². The summed E-state index contributed by atoms with van der Waals surface area (Å²) in [5.74, 6) is 1.51. The van der Waals surface area contributed by atoms with Crippen LogP contribution in [0.5, 0.6) is 17.5 Å². The van der Waals surface area contributed by atoms with Crippen molar-refractivity contribution in [3.63, 3.8) is 0 Å². The average molecular weight is 237 g/mol. The number of benzene rings is 1. The second kappa shape index (κ2) is 4.81. The van der Waals surface area contributed by atoms with Crippen LogP contribution in [0.4, 0.5) is 0 Å². The molecule has 4 nitrogen and oxygen atoms in total. The lowest BCUT2D eigenvalue weighted by Gasteiger charge is -2.04. The number of rotatable bonds is 3. The fourth-order valence-electron chi connectivity index (χ4n) is 1.09. The summed E-state index contributed by atoms with van der Waals surface area (Å²) in [4.78, 5) is 8.00. The van der Waals surface area contributed by atoms with Crippen molar-refractivity contribution in [1.29, 1.82) is 0 Å². The number of methoxy groups -OCH3 is 1. The maximum atomic E-state index is 5.75. The van der Waals surface area contributed by atoms with Gasteiger partial charge in [-0.15, -0.1) is 0 Å². The van der Waals surface area contributed by atoms with E-state index in [0.717, 1.165) is 0 Å². The van der Waals surface area contributed by atoms with Crippen molar-refractivity contribution >= 4 is 11.6 Å². The van der Waals surface area contributed by atoms with E-state index in [0.29, 0.717) is 22.5 Å². The molecule has 2 rings (SSSR count). The fraction of sp³-hybridized carbons (Fsp3) is 0.0909. The Labute approximate surface area is 97.8 Å². The van der Waals surface area contributed by atoms with Gasteiger partial charge in [-0.25, -0.2) is 9.97 Å². The van der Waals surface area contributed by atoms with Crippen LogP contribution in [0.15, 0.2) is 36.7 Å². The summed E-state index contributed by atoms with van der Waals surface area (Å²) < 4.78 is 10.3. The van der Waals surface area contributed by atoms with E-state index in [1.165, 1.54) is 19.5 Å². The predicted octanol–water partition coefficient (Wildman–Crippen LogP) is 2.93. The quantitative estimate of drug-likeness (QED) is 0.822. The SMILES string of the molecule is COc1cnc(Oc2ccc(Cl)cc2)cn1. The molecule has 0 saturated carbocycles. The lowest BCUT2D eigenvalue weighted by atomic mass is 10.3. The van der Waals surface area contributed by atoms with Crippen LogP contribution in [0, 0.1) is 0 Å². The third-order valence-corrected chi connectivity index (χ3v) is 2.10. The molecular formula is C11H9ClN2O2. The van der Waals surface area contributed by atoms with Crippen LogP contribution in [0.1, 0.15) is 0 Å². The van der Waals surface area contributed by atoms with Gasteiger partial charge in [0.2, 0.25) is 11.8 Å². The molecule has 1 aromatic heterocycles. The maximum Gasteiger partial charge on any atom is 0.238 e. The summed E-state index contributed by atoms with van der Waals surface area (Å²) in [5.41, 5.74) is 0. The van der Waals surface area contributed by atoms with Crippen molar-refractivity contribution in [2.45, 2.75) is 0 Å². The molecule has 0 amide bonds. The molecule has 0 spiro atoms. The third kappa shape index (κ3) is 2.61. The van der Waals surface area contributed by atoms with Crippen LogP contribution in [0.2, 0.25) is 5.02 Å². The topological polar surface area (TPSA) is 44.2 Å². The van der Waals surface area contributed by atoms with E-state index < -0.39 is 0 Å². The maximum absolute atomic E-state index is 5.75. The van der Waals surface area contributed by atoms with E-state index in [4.69, 9.17) is 21.1 Å². The Kier molecular flexibility index (Phi) is 3.22. The van der Waals surface area contributed by atoms with Crippen molar-refractivity contribution in [3.05, 3.63) is 41.7 Å². The van der Waals surface area contributed by atoms with Gasteiger partial charge in [0.25, 0.3) is 0 Å². The molecule has 0 N–H and O–H groups in total. The first kappa shape index (κ1) is 10.7. The zero-order valence-electron chi connectivity index (χ0n) is 8.55. The minimum atomic E-state index is 0.406. The van der Waals surface area contributed by atoms with E-state index >= 15 is 0 Å². The summed E-state index contributed by atoms with van der Waals surface area (Å²) in [6.07, 6.45) is 2.98. The van der Waals surface area contributed by atoms with Crippen LogP contribution >= 0.6 is 11.6 Å². The molecule has 5 heteroatoms. The molecule has 0 saturated heterocycles. The van der Waals surface area contributed by atoms with Crippen LogP contribution in [0.3, 0.4) is 0 Å². The molecule has 0 fully saturated rings. The van der Waals surface area contributed by atoms with Gasteiger partial charge < -0.3 is 9.47 Å². The molecule has 82 valence electrons. The van der Waals surface area contributed by atoms with Gasteiger partial charge >= 0.3 is 0 Å². The van der Waals surface area contributed by atoms with Gasteiger partial charge in [-0.1, -0.05) is 11.6 Å². The molecule has 2 aromatic rings. The zero-order valence-corrected chi connectivity index (χ0v) is 9.31. The van der Waals surface area contributed by atoms with E-state index in [2.05, 4.69) is 9.97 Å². The monoisotopic (exact) mass is 236 g/mol. The highest BCUT2D eigenvalue weighted by atomic mass is 35.5. The molecule has 0 aliphatic carbocycles. The minimum absolute atomic E-state index is 0.406.